The summed E-state index contributed by atoms with van der Waals surface area (Å²) >= 11 is 0. The number of carbonyl (C=O) groups excluding carboxylic acids is 1. The molecule has 1 heteroatoms. The first-order valence-electron chi connectivity index (χ1n) is 7.04. The Morgan fingerprint density at radius 3 is 2.65 bits per heavy atom. The summed E-state index contributed by atoms with van der Waals surface area (Å²) < 4.78 is 0. The van der Waals surface area contributed by atoms with Crippen LogP contribution in [0.3, 0.4) is 0 Å². The van der Waals surface area contributed by atoms with Crippen molar-refractivity contribution in [3.05, 3.63) is 11.1 Å². The molecule has 0 radical (unpaired) electrons. The quantitative estimate of drug-likeness (QED) is 0.507. The molecule has 1 nitrogen and oxygen atoms in total. The lowest BCUT2D eigenvalue weighted by molar-refractivity contribution is -0.107. The molecule has 2 atom stereocenters. The highest BCUT2D eigenvalue weighted by Gasteiger charge is 2.49. The third-order valence-corrected chi connectivity index (χ3v) is 5.53. The predicted octanol–water partition coefficient (Wildman–Crippen LogP) is 4.52. The van der Waals surface area contributed by atoms with Crippen molar-refractivity contribution < 1.29 is 4.79 Å². The van der Waals surface area contributed by atoms with Gasteiger partial charge in [-0.05, 0) is 49.4 Å². The van der Waals surface area contributed by atoms with Crippen LogP contribution in [0.5, 0.6) is 0 Å². The molecule has 1 fully saturated rings. The maximum absolute atomic E-state index is 11.0. The molecule has 0 aromatic carbocycles. The highest BCUT2D eigenvalue weighted by molar-refractivity contribution is 5.56. The largest absolute Gasteiger partial charge is 0.303 e. The normalized spacial score (nSPS) is 36.6. The van der Waals surface area contributed by atoms with E-state index in [0.717, 1.165) is 12.2 Å². The van der Waals surface area contributed by atoms with E-state index in [2.05, 4.69) is 27.7 Å². The van der Waals surface area contributed by atoms with Crippen LogP contribution in [0.25, 0.3) is 0 Å². The first kappa shape index (κ1) is 12.9. The highest BCUT2D eigenvalue weighted by Crippen LogP contribution is 2.59. The molecule has 0 saturated heterocycles. The number of aldehydes is 1. The smallest absolute Gasteiger partial charge is 0.124 e. The molecule has 0 heterocycles. The van der Waals surface area contributed by atoms with Gasteiger partial charge in [0.1, 0.15) is 6.29 Å². The molecule has 2 rings (SSSR count). The minimum Gasteiger partial charge on any atom is -0.303 e. The van der Waals surface area contributed by atoms with Crippen LogP contribution in [-0.4, -0.2) is 6.29 Å². The van der Waals surface area contributed by atoms with Gasteiger partial charge in [-0.25, -0.2) is 0 Å². The average molecular weight is 234 g/mol. The van der Waals surface area contributed by atoms with Crippen molar-refractivity contribution in [3.8, 4) is 0 Å². The zero-order valence-corrected chi connectivity index (χ0v) is 11.8. The summed E-state index contributed by atoms with van der Waals surface area (Å²) in [5.74, 6) is 0.766. The Hall–Kier alpha value is -0.590. The predicted molar refractivity (Wildman–Crippen MR) is 71.8 cm³/mol. The monoisotopic (exact) mass is 234 g/mol. The summed E-state index contributed by atoms with van der Waals surface area (Å²) in [4.78, 5) is 11.0. The Morgan fingerprint density at radius 2 is 2.00 bits per heavy atom. The Morgan fingerprint density at radius 1 is 1.29 bits per heavy atom. The number of allylic oxidation sites excluding steroid dienone is 2. The van der Waals surface area contributed by atoms with Gasteiger partial charge in [-0.15, -0.1) is 0 Å². The van der Waals surface area contributed by atoms with Gasteiger partial charge in [0.25, 0.3) is 0 Å². The molecule has 1 saturated carbocycles. The van der Waals surface area contributed by atoms with Gasteiger partial charge in [0.05, 0.1) is 0 Å². The third-order valence-electron chi connectivity index (χ3n) is 5.53. The summed E-state index contributed by atoms with van der Waals surface area (Å²) in [5.41, 5.74) is 3.71. The van der Waals surface area contributed by atoms with Crippen molar-refractivity contribution in [3.63, 3.8) is 0 Å². The summed E-state index contributed by atoms with van der Waals surface area (Å²) in [5, 5.41) is 0. The van der Waals surface area contributed by atoms with Crippen LogP contribution in [0.15, 0.2) is 11.1 Å². The molecule has 2 aliphatic carbocycles. The van der Waals surface area contributed by atoms with Gasteiger partial charge in [-0.2, -0.15) is 0 Å². The van der Waals surface area contributed by atoms with Crippen molar-refractivity contribution in [2.75, 3.05) is 0 Å². The maximum atomic E-state index is 11.0. The number of fused-ring (bicyclic) bond motifs is 1. The Kier molecular flexibility index (Phi) is 3.22. The lowest BCUT2D eigenvalue weighted by Gasteiger charge is -2.55. The van der Waals surface area contributed by atoms with E-state index in [0.29, 0.717) is 17.3 Å². The lowest BCUT2D eigenvalue weighted by atomic mass is 9.50. The topological polar surface area (TPSA) is 17.1 Å². The first-order chi connectivity index (χ1) is 7.92. The van der Waals surface area contributed by atoms with E-state index >= 15 is 0 Å². The van der Waals surface area contributed by atoms with Crippen molar-refractivity contribution in [1.82, 2.24) is 0 Å². The van der Waals surface area contributed by atoms with E-state index < -0.39 is 0 Å². The van der Waals surface area contributed by atoms with Gasteiger partial charge in [0, 0.05) is 6.42 Å². The van der Waals surface area contributed by atoms with Crippen molar-refractivity contribution in [2.45, 2.75) is 66.2 Å². The molecule has 0 aromatic rings. The second-order valence-electron chi connectivity index (χ2n) is 6.98. The fourth-order valence-corrected chi connectivity index (χ4v) is 4.68. The molecule has 2 aliphatic rings. The van der Waals surface area contributed by atoms with Crippen molar-refractivity contribution in [1.29, 1.82) is 0 Å². The minimum absolute atomic E-state index is 0.297. The van der Waals surface area contributed by atoms with Crippen LogP contribution in [0.2, 0.25) is 0 Å². The summed E-state index contributed by atoms with van der Waals surface area (Å²) in [6.45, 7) is 9.50. The molecule has 0 amide bonds. The van der Waals surface area contributed by atoms with Crippen molar-refractivity contribution in [2.24, 2.45) is 16.7 Å². The fraction of sp³-hybridized carbons (Fsp3) is 0.812. The molecular formula is C16H26O. The molecular weight excluding hydrogens is 208 g/mol. The summed E-state index contributed by atoms with van der Waals surface area (Å²) in [6.07, 6.45) is 8.23. The van der Waals surface area contributed by atoms with E-state index in [1.165, 1.54) is 43.3 Å². The SMILES string of the molecule is CC1=C(CC=O)[C@@]2(C)CCCC(C)(C)[C@@H]2CC1. The summed E-state index contributed by atoms with van der Waals surface area (Å²) in [7, 11) is 0. The first-order valence-corrected chi connectivity index (χ1v) is 7.04. The number of rotatable bonds is 2. The zero-order valence-electron chi connectivity index (χ0n) is 11.8. The lowest BCUT2D eigenvalue weighted by Crippen LogP contribution is -2.45. The van der Waals surface area contributed by atoms with Crippen LogP contribution in [0, 0.1) is 16.7 Å². The van der Waals surface area contributed by atoms with Crippen molar-refractivity contribution >= 4 is 6.29 Å². The fourth-order valence-electron chi connectivity index (χ4n) is 4.68. The van der Waals surface area contributed by atoms with Crippen LogP contribution in [0.4, 0.5) is 0 Å². The number of hydrogen-bond donors (Lipinski definition) is 0. The van der Waals surface area contributed by atoms with Crippen LogP contribution in [0.1, 0.15) is 66.2 Å². The van der Waals surface area contributed by atoms with E-state index in [9.17, 15) is 4.79 Å². The van der Waals surface area contributed by atoms with Gasteiger partial charge in [0.15, 0.2) is 0 Å². The highest BCUT2D eigenvalue weighted by atomic mass is 16.1. The second-order valence-corrected chi connectivity index (χ2v) is 6.98. The van der Waals surface area contributed by atoms with E-state index in [-0.39, 0.29) is 0 Å². The Bertz CT molecular complexity index is 351. The molecule has 96 valence electrons. The average Bonchev–Trinajstić information content (AvgIpc) is 2.22. The van der Waals surface area contributed by atoms with Gasteiger partial charge in [0.2, 0.25) is 0 Å². The molecule has 0 spiro atoms. The van der Waals surface area contributed by atoms with E-state index in [4.69, 9.17) is 0 Å². The van der Waals surface area contributed by atoms with Gasteiger partial charge in [-0.3, -0.25) is 0 Å². The van der Waals surface area contributed by atoms with Crippen LogP contribution < -0.4 is 0 Å². The molecule has 0 N–H and O–H groups in total. The maximum Gasteiger partial charge on any atom is 0.124 e. The second kappa shape index (κ2) is 4.26. The molecule has 0 aromatic heterocycles. The van der Waals surface area contributed by atoms with Crippen LogP contribution >= 0.6 is 0 Å². The standard InChI is InChI=1S/C16H26O/c1-12-6-7-14-15(2,3)9-5-10-16(14,4)13(12)8-11-17/h11,14H,5-10H2,1-4H3/t14-,16+/m0/s1. The molecule has 17 heavy (non-hydrogen) atoms. The van der Waals surface area contributed by atoms with Crippen LogP contribution in [-0.2, 0) is 4.79 Å². The third kappa shape index (κ3) is 1.98. The molecule has 0 bridgehead atoms. The summed E-state index contributed by atoms with van der Waals surface area (Å²) in [6, 6.07) is 0. The molecule has 0 unspecified atom stereocenters. The Balaban J connectivity index is 2.42. The van der Waals surface area contributed by atoms with Gasteiger partial charge < -0.3 is 4.79 Å². The van der Waals surface area contributed by atoms with E-state index in [1.54, 1.807) is 0 Å². The minimum atomic E-state index is 0.297. The Labute approximate surface area is 106 Å². The van der Waals surface area contributed by atoms with Gasteiger partial charge in [-0.1, -0.05) is 38.3 Å². The van der Waals surface area contributed by atoms with E-state index in [1.807, 2.05) is 0 Å². The number of carbonyl (C=O) groups is 1. The van der Waals surface area contributed by atoms with Gasteiger partial charge >= 0.3 is 0 Å². The number of hydrogen-bond acceptors (Lipinski definition) is 1. The molecule has 0 aliphatic heterocycles. The zero-order chi connectivity index (χ0) is 12.7.